The van der Waals surface area contributed by atoms with Gasteiger partial charge in [-0.15, -0.1) is 6.58 Å². The Labute approximate surface area is 141 Å². The molecule has 0 N–H and O–H groups in total. The monoisotopic (exact) mass is 356 g/mol. The van der Waals surface area contributed by atoms with E-state index in [1.54, 1.807) is 30.3 Å². The zero-order chi connectivity index (χ0) is 17.9. The normalized spacial score (nSPS) is 14.5. The van der Waals surface area contributed by atoms with Gasteiger partial charge in [0.1, 0.15) is 0 Å². The molecule has 0 heterocycles. The van der Waals surface area contributed by atoms with Crippen LogP contribution in [0.5, 0.6) is 0 Å². The molecule has 0 aliphatic heterocycles. The van der Waals surface area contributed by atoms with Crippen LogP contribution < -0.4 is 0 Å². The van der Waals surface area contributed by atoms with Gasteiger partial charge in [0, 0.05) is 0 Å². The van der Waals surface area contributed by atoms with Crippen molar-refractivity contribution in [3.05, 3.63) is 42.5 Å². The van der Waals surface area contributed by atoms with Gasteiger partial charge in [0.25, 0.3) is 10.1 Å². The Kier molecular flexibility index (Phi) is 6.37. The zero-order valence-corrected chi connectivity index (χ0v) is 16.7. The molecule has 0 fully saturated rings. The van der Waals surface area contributed by atoms with Crippen molar-refractivity contribution in [1.29, 1.82) is 0 Å². The maximum Gasteiger partial charge on any atom is 0.297 e. The van der Waals surface area contributed by atoms with Gasteiger partial charge in [-0.2, -0.15) is 8.42 Å². The minimum atomic E-state index is -3.79. The molecule has 6 heteroatoms. The van der Waals surface area contributed by atoms with Gasteiger partial charge < -0.3 is 4.43 Å². The first-order chi connectivity index (χ1) is 10.4. The summed E-state index contributed by atoms with van der Waals surface area (Å²) in [5.74, 6) is 0. The molecule has 0 bridgehead atoms. The maximum absolute atomic E-state index is 12.2. The van der Waals surface area contributed by atoms with Crippen LogP contribution in [0.15, 0.2) is 41.8 Å². The highest BCUT2D eigenvalue weighted by molar-refractivity contribution is 7.86. The summed E-state index contributed by atoms with van der Waals surface area (Å²) in [4.78, 5) is 0.151. The van der Waals surface area contributed by atoms with E-state index >= 15 is 0 Å². The van der Waals surface area contributed by atoms with Crippen molar-refractivity contribution in [3.63, 3.8) is 0 Å². The minimum Gasteiger partial charge on any atom is -0.408 e. The van der Waals surface area contributed by atoms with E-state index in [0.717, 1.165) is 5.56 Å². The van der Waals surface area contributed by atoms with Crippen LogP contribution >= 0.6 is 0 Å². The van der Waals surface area contributed by atoms with Gasteiger partial charge in [-0.1, -0.05) is 44.5 Å². The highest BCUT2D eigenvalue weighted by Gasteiger charge is 2.39. The van der Waals surface area contributed by atoms with Gasteiger partial charge in [0.2, 0.25) is 0 Å². The second kappa shape index (κ2) is 7.30. The lowest BCUT2D eigenvalue weighted by atomic mass is 10.2. The first-order valence-electron chi connectivity index (χ1n) is 7.65. The molecule has 1 aromatic carbocycles. The standard InChI is InChI=1S/C17H28O4SSi/c1-8-15(21-23(6,7)17(3,4)5)13-20-22(18,19)16-11-9-14(2)10-12-16/h8-12,15H,1,13H2,2-7H3/t15-/m1/s1. The largest absolute Gasteiger partial charge is 0.408 e. The number of benzene rings is 1. The molecule has 1 aromatic rings. The van der Waals surface area contributed by atoms with Crippen molar-refractivity contribution in [1.82, 2.24) is 0 Å². The van der Waals surface area contributed by atoms with Gasteiger partial charge in [0.05, 0.1) is 17.6 Å². The smallest absolute Gasteiger partial charge is 0.297 e. The van der Waals surface area contributed by atoms with Crippen LogP contribution in [-0.2, 0) is 18.7 Å². The second-order valence-electron chi connectivity index (χ2n) is 7.20. The van der Waals surface area contributed by atoms with Crippen molar-refractivity contribution in [2.24, 2.45) is 0 Å². The third-order valence-electron chi connectivity index (χ3n) is 4.21. The summed E-state index contributed by atoms with van der Waals surface area (Å²) >= 11 is 0. The van der Waals surface area contributed by atoms with E-state index in [9.17, 15) is 8.42 Å². The highest BCUT2D eigenvalue weighted by Crippen LogP contribution is 2.37. The predicted molar refractivity (Wildman–Crippen MR) is 96.6 cm³/mol. The fraction of sp³-hybridized carbons (Fsp3) is 0.529. The topological polar surface area (TPSA) is 52.6 Å². The maximum atomic E-state index is 12.2. The first kappa shape index (κ1) is 20.1. The molecule has 0 saturated heterocycles. The van der Waals surface area contributed by atoms with Crippen LogP contribution in [0.1, 0.15) is 26.3 Å². The minimum absolute atomic E-state index is 0.0318. The summed E-state index contributed by atoms with van der Waals surface area (Å²) in [6.07, 6.45) is 1.15. The lowest BCUT2D eigenvalue weighted by Crippen LogP contribution is -2.44. The highest BCUT2D eigenvalue weighted by atomic mass is 32.2. The summed E-state index contributed by atoms with van der Waals surface area (Å²) in [6.45, 7) is 16.2. The molecule has 4 nitrogen and oxygen atoms in total. The molecule has 0 aliphatic carbocycles. The van der Waals surface area contributed by atoms with E-state index < -0.39 is 24.5 Å². The fourth-order valence-electron chi connectivity index (χ4n) is 1.64. The number of hydrogen-bond donors (Lipinski definition) is 0. The van der Waals surface area contributed by atoms with Crippen LogP contribution in [0.3, 0.4) is 0 Å². The quantitative estimate of drug-likeness (QED) is 0.416. The summed E-state index contributed by atoms with van der Waals surface area (Å²) in [5, 5.41) is 0.0318. The van der Waals surface area contributed by atoms with E-state index in [1.165, 1.54) is 0 Å². The summed E-state index contributed by atoms with van der Waals surface area (Å²) < 4.78 is 35.7. The van der Waals surface area contributed by atoms with Gasteiger partial charge in [-0.25, -0.2) is 0 Å². The third kappa shape index (κ3) is 5.56. The Morgan fingerprint density at radius 2 is 1.74 bits per heavy atom. The first-order valence-corrected chi connectivity index (χ1v) is 12.0. The molecule has 1 rings (SSSR count). The van der Waals surface area contributed by atoms with E-state index in [2.05, 4.69) is 40.4 Å². The Morgan fingerprint density at radius 1 is 1.22 bits per heavy atom. The van der Waals surface area contributed by atoms with Crippen LogP contribution in [0.25, 0.3) is 0 Å². The van der Waals surface area contributed by atoms with E-state index in [4.69, 9.17) is 8.61 Å². The SMILES string of the molecule is C=C[C@H](COS(=O)(=O)c1ccc(C)cc1)O[Si](C)(C)C(C)(C)C. The molecule has 0 unspecified atom stereocenters. The molecule has 1 atom stereocenters. The lowest BCUT2D eigenvalue weighted by Gasteiger charge is -2.38. The summed E-state index contributed by atoms with van der Waals surface area (Å²) in [7, 11) is -5.80. The van der Waals surface area contributed by atoms with Crippen molar-refractivity contribution < 1.29 is 17.0 Å². The van der Waals surface area contributed by atoms with Crippen molar-refractivity contribution >= 4 is 18.4 Å². The van der Waals surface area contributed by atoms with Crippen LogP contribution in [0.2, 0.25) is 18.1 Å². The lowest BCUT2D eigenvalue weighted by molar-refractivity contribution is 0.153. The Bertz CT molecular complexity index is 628. The van der Waals surface area contributed by atoms with Crippen LogP contribution in [-0.4, -0.2) is 29.4 Å². The molecule has 0 radical (unpaired) electrons. The van der Waals surface area contributed by atoms with Gasteiger partial charge in [-0.3, -0.25) is 4.18 Å². The van der Waals surface area contributed by atoms with Crippen LogP contribution in [0, 0.1) is 6.92 Å². The van der Waals surface area contributed by atoms with Gasteiger partial charge in [0.15, 0.2) is 8.32 Å². The van der Waals surface area contributed by atoms with Crippen molar-refractivity contribution in [2.75, 3.05) is 6.61 Å². The summed E-state index contributed by atoms with van der Waals surface area (Å²) in [5.41, 5.74) is 0.995. The van der Waals surface area contributed by atoms with Crippen molar-refractivity contribution in [2.45, 2.75) is 56.8 Å². The van der Waals surface area contributed by atoms with E-state index in [0.29, 0.717) is 0 Å². The Hall–Kier alpha value is -0.953. The average molecular weight is 357 g/mol. The Balaban J connectivity index is 2.78. The van der Waals surface area contributed by atoms with Crippen molar-refractivity contribution in [3.8, 4) is 0 Å². The average Bonchev–Trinajstić information content (AvgIpc) is 2.42. The number of hydrogen-bond acceptors (Lipinski definition) is 4. The molecule has 0 spiro atoms. The Morgan fingerprint density at radius 3 is 2.17 bits per heavy atom. The molecule has 23 heavy (non-hydrogen) atoms. The van der Waals surface area contributed by atoms with Gasteiger partial charge >= 0.3 is 0 Å². The molecule has 0 amide bonds. The molecular formula is C17H28O4SSi. The zero-order valence-electron chi connectivity index (χ0n) is 14.9. The third-order valence-corrected chi connectivity index (χ3v) is 10.0. The summed E-state index contributed by atoms with van der Waals surface area (Å²) in [6, 6.07) is 6.57. The molecule has 0 saturated carbocycles. The number of rotatable bonds is 7. The molecule has 0 aliphatic rings. The van der Waals surface area contributed by atoms with E-state index in [-0.39, 0.29) is 16.5 Å². The molecule has 130 valence electrons. The fourth-order valence-corrected chi connectivity index (χ4v) is 3.83. The van der Waals surface area contributed by atoms with Gasteiger partial charge in [-0.05, 0) is 37.2 Å². The predicted octanol–water partition coefficient (Wildman–Crippen LogP) is 4.28. The molecule has 0 aromatic heterocycles. The number of aryl methyl sites for hydroxylation is 1. The molecular weight excluding hydrogens is 328 g/mol. The second-order valence-corrected chi connectivity index (χ2v) is 13.6. The van der Waals surface area contributed by atoms with Crippen LogP contribution in [0.4, 0.5) is 0 Å². The van der Waals surface area contributed by atoms with E-state index in [1.807, 2.05) is 6.92 Å².